The van der Waals surface area contributed by atoms with Gasteiger partial charge < -0.3 is 15.3 Å². The minimum atomic E-state index is -1.00. The Morgan fingerprint density at radius 3 is 2.47 bits per heavy atom. The van der Waals surface area contributed by atoms with Crippen LogP contribution in [0.3, 0.4) is 0 Å². The Morgan fingerprint density at radius 1 is 1.41 bits per heavy atom. The zero-order valence-corrected chi connectivity index (χ0v) is 10.4. The fraction of sp³-hybridized carbons (Fsp3) is 0.833. The second-order valence-electron chi connectivity index (χ2n) is 5.20. The fourth-order valence-corrected chi connectivity index (χ4v) is 2.99. The lowest BCUT2D eigenvalue weighted by Crippen LogP contribution is -2.66. The molecule has 2 rings (SSSR count). The first-order chi connectivity index (χ1) is 8.00. The first-order valence-electron chi connectivity index (χ1n) is 6.24. The molecule has 2 aliphatic rings. The predicted molar refractivity (Wildman–Crippen MR) is 62.6 cm³/mol. The van der Waals surface area contributed by atoms with E-state index in [1.54, 1.807) is 4.90 Å². The molecule has 0 aromatic rings. The SMILES string of the molecule is CC(=O)N(C1CC1)C1(C(=O)O)CCNCC1C. The van der Waals surface area contributed by atoms with E-state index in [1.165, 1.54) is 6.92 Å². The minimum absolute atomic E-state index is 0.0572. The van der Waals surface area contributed by atoms with Gasteiger partial charge >= 0.3 is 5.97 Å². The smallest absolute Gasteiger partial charge is 0.330 e. The zero-order chi connectivity index (χ0) is 12.6. The molecule has 2 N–H and O–H groups in total. The zero-order valence-electron chi connectivity index (χ0n) is 10.4. The molecular weight excluding hydrogens is 220 g/mol. The molecule has 5 heteroatoms. The standard InChI is InChI=1S/C12H20N2O3/c1-8-7-13-6-5-12(8,11(16)17)14(9(2)15)10-3-4-10/h8,10,13H,3-7H2,1-2H3,(H,16,17). The van der Waals surface area contributed by atoms with Crippen LogP contribution in [0.15, 0.2) is 0 Å². The van der Waals surface area contributed by atoms with Crippen molar-refractivity contribution in [1.29, 1.82) is 0 Å². The van der Waals surface area contributed by atoms with Crippen molar-refractivity contribution in [3.8, 4) is 0 Å². The molecule has 1 heterocycles. The van der Waals surface area contributed by atoms with Crippen LogP contribution in [0.4, 0.5) is 0 Å². The van der Waals surface area contributed by atoms with E-state index in [1.807, 2.05) is 6.92 Å². The molecule has 0 aromatic heterocycles. The van der Waals surface area contributed by atoms with E-state index in [2.05, 4.69) is 5.32 Å². The van der Waals surface area contributed by atoms with Crippen molar-refractivity contribution in [3.05, 3.63) is 0 Å². The Morgan fingerprint density at radius 2 is 2.06 bits per heavy atom. The summed E-state index contributed by atoms with van der Waals surface area (Å²) in [4.78, 5) is 25.2. The summed E-state index contributed by atoms with van der Waals surface area (Å²) in [5.41, 5.74) is -1.00. The maximum absolute atomic E-state index is 11.8. The largest absolute Gasteiger partial charge is 0.479 e. The van der Waals surface area contributed by atoms with Gasteiger partial charge in [-0.25, -0.2) is 4.79 Å². The first-order valence-corrected chi connectivity index (χ1v) is 6.24. The van der Waals surface area contributed by atoms with Crippen molar-refractivity contribution >= 4 is 11.9 Å². The van der Waals surface area contributed by atoms with Crippen LogP contribution >= 0.6 is 0 Å². The van der Waals surface area contributed by atoms with Crippen LogP contribution in [0, 0.1) is 5.92 Å². The maximum Gasteiger partial charge on any atom is 0.330 e. The number of carbonyl (C=O) groups is 2. The monoisotopic (exact) mass is 240 g/mol. The number of nitrogens with one attached hydrogen (secondary N) is 1. The van der Waals surface area contributed by atoms with Crippen molar-refractivity contribution in [1.82, 2.24) is 10.2 Å². The number of carboxylic acid groups (broad SMARTS) is 1. The summed E-state index contributed by atoms with van der Waals surface area (Å²) in [5, 5.41) is 12.8. The van der Waals surface area contributed by atoms with Gasteiger partial charge in [-0.15, -0.1) is 0 Å². The normalized spacial score (nSPS) is 33.2. The minimum Gasteiger partial charge on any atom is -0.479 e. The van der Waals surface area contributed by atoms with Gasteiger partial charge in [0.1, 0.15) is 5.54 Å². The lowest BCUT2D eigenvalue weighted by atomic mass is 9.77. The molecule has 1 aliphatic heterocycles. The maximum atomic E-state index is 11.8. The molecule has 2 atom stereocenters. The molecule has 96 valence electrons. The Hall–Kier alpha value is -1.10. The number of aliphatic carboxylic acids is 1. The van der Waals surface area contributed by atoms with Crippen LogP contribution in [0.25, 0.3) is 0 Å². The number of carboxylic acids is 1. The van der Waals surface area contributed by atoms with Crippen LogP contribution in [-0.4, -0.2) is 46.6 Å². The summed E-state index contributed by atoms with van der Waals surface area (Å²) in [6.07, 6.45) is 2.38. The Kier molecular flexibility index (Phi) is 3.12. The second kappa shape index (κ2) is 4.29. The lowest BCUT2D eigenvalue weighted by molar-refractivity contribution is -0.165. The van der Waals surface area contributed by atoms with Crippen LogP contribution in [0.2, 0.25) is 0 Å². The molecule has 0 radical (unpaired) electrons. The van der Waals surface area contributed by atoms with Gasteiger partial charge in [-0.05, 0) is 25.8 Å². The van der Waals surface area contributed by atoms with Gasteiger partial charge in [0, 0.05) is 25.4 Å². The summed E-state index contributed by atoms with van der Waals surface area (Å²) >= 11 is 0. The Labute approximate surface area is 101 Å². The molecule has 5 nitrogen and oxygen atoms in total. The molecule has 2 fully saturated rings. The number of hydrogen-bond donors (Lipinski definition) is 2. The fourth-order valence-electron chi connectivity index (χ4n) is 2.99. The highest BCUT2D eigenvalue weighted by molar-refractivity contribution is 5.87. The number of hydrogen-bond acceptors (Lipinski definition) is 3. The number of nitrogens with zero attached hydrogens (tertiary/aromatic N) is 1. The summed E-state index contributed by atoms with van der Waals surface area (Å²) < 4.78 is 0. The molecule has 2 unspecified atom stereocenters. The van der Waals surface area contributed by atoms with Crippen LogP contribution < -0.4 is 5.32 Å². The van der Waals surface area contributed by atoms with Crippen molar-refractivity contribution in [2.24, 2.45) is 5.92 Å². The van der Waals surface area contributed by atoms with Gasteiger partial charge in [-0.2, -0.15) is 0 Å². The molecular formula is C12H20N2O3. The van der Waals surface area contributed by atoms with Crippen molar-refractivity contribution in [2.45, 2.75) is 44.7 Å². The van der Waals surface area contributed by atoms with Gasteiger partial charge in [0.2, 0.25) is 5.91 Å². The van der Waals surface area contributed by atoms with E-state index in [0.717, 1.165) is 12.8 Å². The third-order valence-electron chi connectivity index (χ3n) is 4.00. The van der Waals surface area contributed by atoms with Gasteiger partial charge in [-0.1, -0.05) is 6.92 Å². The predicted octanol–water partition coefficient (Wildman–Crippen LogP) is 0.450. The number of piperidine rings is 1. The third kappa shape index (κ3) is 1.92. The lowest BCUT2D eigenvalue weighted by Gasteiger charge is -2.47. The van der Waals surface area contributed by atoms with E-state index in [4.69, 9.17) is 0 Å². The van der Waals surface area contributed by atoms with Gasteiger partial charge in [0.15, 0.2) is 0 Å². The molecule has 0 bridgehead atoms. The van der Waals surface area contributed by atoms with E-state index in [-0.39, 0.29) is 17.9 Å². The van der Waals surface area contributed by atoms with Crippen LogP contribution in [0.1, 0.15) is 33.1 Å². The van der Waals surface area contributed by atoms with Crippen molar-refractivity contribution in [2.75, 3.05) is 13.1 Å². The molecule has 17 heavy (non-hydrogen) atoms. The molecule has 0 spiro atoms. The van der Waals surface area contributed by atoms with Gasteiger partial charge in [0.05, 0.1) is 0 Å². The molecule has 1 saturated carbocycles. The summed E-state index contributed by atoms with van der Waals surface area (Å²) in [5.74, 6) is -1.02. The van der Waals surface area contributed by atoms with Gasteiger partial charge in [0.25, 0.3) is 0 Å². The molecule has 1 saturated heterocycles. The average molecular weight is 240 g/mol. The Balaban J connectivity index is 2.37. The third-order valence-corrected chi connectivity index (χ3v) is 4.00. The highest BCUT2D eigenvalue weighted by Gasteiger charge is 2.55. The second-order valence-corrected chi connectivity index (χ2v) is 5.20. The van der Waals surface area contributed by atoms with Crippen molar-refractivity contribution in [3.63, 3.8) is 0 Å². The average Bonchev–Trinajstić information content (AvgIpc) is 3.04. The number of carbonyl (C=O) groups excluding carboxylic acids is 1. The Bertz CT molecular complexity index is 341. The summed E-state index contributed by atoms with van der Waals surface area (Å²) in [6, 6.07) is 0.143. The number of rotatable bonds is 3. The quantitative estimate of drug-likeness (QED) is 0.751. The van der Waals surface area contributed by atoms with Crippen LogP contribution in [-0.2, 0) is 9.59 Å². The highest BCUT2D eigenvalue weighted by Crippen LogP contribution is 2.40. The van der Waals surface area contributed by atoms with E-state index in [9.17, 15) is 14.7 Å². The summed E-state index contributed by atoms with van der Waals surface area (Å²) in [6.45, 7) is 4.71. The first kappa shape index (κ1) is 12.4. The van der Waals surface area contributed by atoms with Gasteiger partial charge in [-0.3, -0.25) is 4.79 Å². The number of amides is 1. The van der Waals surface area contributed by atoms with Crippen LogP contribution in [0.5, 0.6) is 0 Å². The molecule has 1 aliphatic carbocycles. The van der Waals surface area contributed by atoms with Crippen molar-refractivity contribution < 1.29 is 14.7 Å². The highest BCUT2D eigenvalue weighted by atomic mass is 16.4. The van der Waals surface area contributed by atoms with E-state index in [0.29, 0.717) is 19.5 Å². The topological polar surface area (TPSA) is 69.6 Å². The summed E-state index contributed by atoms with van der Waals surface area (Å²) in [7, 11) is 0. The van der Waals surface area contributed by atoms with E-state index < -0.39 is 11.5 Å². The van der Waals surface area contributed by atoms with E-state index >= 15 is 0 Å². The molecule has 0 aromatic carbocycles. The molecule has 1 amide bonds.